The van der Waals surface area contributed by atoms with E-state index in [2.05, 4.69) is 28.1 Å². The highest BCUT2D eigenvalue weighted by Gasteiger charge is 2.11. The third kappa shape index (κ3) is 1.98. The summed E-state index contributed by atoms with van der Waals surface area (Å²) in [5.74, 6) is -0.158. The van der Waals surface area contributed by atoms with Gasteiger partial charge in [-0.2, -0.15) is 0 Å². The van der Waals surface area contributed by atoms with Crippen LogP contribution in [-0.4, -0.2) is 13.1 Å². The van der Waals surface area contributed by atoms with Crippen molar-refractivity contribution in [3.63, 3.8) is 0 Å². The van der Waals surface area contributed by atoms with Gasteiger partial charge in [0.05, 0.1) is 5.69 Å². The van der Waals surface area contributed by atoms with Gasteiger partial charge in [0, 0.05) is 17.6 Å². The molecule has 74 valence electrons. The van der Waals surface area contributed by atoms with Crippen molar-refractivity contribution in [3.8, 4) is 0 Å². The smallest absolute Gasteiger partial charge is 0.147 e. The molecular weight excluding hydrogens is 245 g/mol. The van der Waals surface area contributed by atoms with E-state index in [1.807, 2.05) is 17.0 Å². The molecule has 3 heteroatoms. The lowest BCUT2D eigenvalue weighted by Crippen LogP contribution is -2.27. The van der Waals surface area contributed by atoms with Crippen LogP contribution in [0.3, 0.4) is 0 Å². The van der Waals surface area contributed by atoms with Crippen molar-refractivity contribution >= 4 is 21.6 Å². The summed E-state index contributed by atoms with van der Waals surface area (Å²) in [4.78, 5) is 2.04. The van der Waals surface area contributed by atoms with Crippen molar-refractivity contribution in [1.29, 1.82) is 0 Å². The van der Waals surface area contributed by atoms with Crippen LogP contribution in [0.1, 0.15) is 6.42 Å². The average molecular weight is 256 g/mol. The molecule has 0 spiro atoms. The highest BCUT2D eigenvalue weighted by atomic mass is 79.9. The Hall–Kier alpha value is -0.830. The van der Waals surface area contributed by atoms with Gasteiger partial charge in [0.25, 0.3) is 0 Å². The summed E-state index contributed by atoms with van der Waals surface area (Å²) in [6.07, 6.45) is 5.20. The Bertz CT molecular complexity index is 362. The lowest BCUT2D eigenvalue weighted by atomic mass is 10.2. The summed E-state index contributed by atoms with van der Waals surface area (Å²) >= 11 is 3.25. The van der Waals surface area contributed by atoms with E-state index in [0.717, 1.165) is 24.0 Å². The monoisotopic (exact) mass is 255 g/mol. The normalized spacial score (nSPS) is 16.0. The van der Waals surface area contributed by atoms with E-state index in [-0.39, 0.29) is 5.82 Å². The lowest BCUT2D eigenvalue weighted by Gasteiger charge is -2.25. The molecule has 1 aromatic carbocycles. The fourth-order valence-electron chi connectivity index (χ4n) is 1.60. The zero-order valence-corrected chi connectivity index (χ0v) is 9.30. The highest BCUT2D eigenvalue weighted by Crippen LogP contribution is 2.24. The van der Waals surface area contributed by atoms with E-state index in [1.165, 1.54) is 6.07 Å². The van der Waals surface area contributed by atoms with Gasteiger partial charge in [-0.3, -0.25) is 0 Å². The van der Waals surface area contributed by atoms with Crippen LogP contribution >= 0.6 is 15.9 Å². The van der Waals surface area contributed by atoms with E-state index < -0.39 is 0 Å². The van der Waals surface area contributed by atoms with Gasteiger partial charge in [-0.25, -0.2) is 4.39 Å². The minimum atomic E-state index is -0.158. The number of benzene rings is 1. The summed E-state index contributed by atoms with van der Waals surface area (Å²) in [7, 11) is 0. The van der Waals surface area contributed by atoms with Crippen LogP contribution in [0.4, 0.5) is 10.1 Å². The van der Waals surface area contributed by atoms with Crippen LogP contribution in [0, 0.1) is 5.82 Å². The summed E-state index contributed by atoms with van der Waals surface area (Å²) < 4.78 is 14.3. The molecule has 0 unspecified atom stereocenters. The predicted octanol–water partition coefficient (Wildman–Crippen LogP) is 3.35. The minimum absolute atomic E-state index is 0.158. The van der Waals surface area contributed by atoms with Gasteiger partial charge >= 0.3 is 0 Å². The number of nitrogens with zero attached hydrogens (tertiary/aromatic N) is 1. The molecule has 1 aromatic rings. The zero-order chi connectivity index (χ0) is 9.97. The van der Waals surface area contributed by atoms with E-state index in [1.54, 1.807) is 0 Å². The molecule has 0 aromatic heterocycles. The number of rotatable bonds is 1. The number of halogens is 2. The lowest BCUT2D eigenvalue weighted by molar-refractivity contribution is 0.618. The van der Waals surface area contributed by atoms with Crippen LogP contribution in [0.5, 0.6) is 0 Å². The second kappa shape index (κ2) is 4.13. The number of hydrogen-bond acceptors (Lipinski definition) is 1. The van der Waals surface area contributed by atoms with Crippen molar-refractivity contribution in [1.82, 2.24) is 0 Å². The van der Waals surface area contributed by atoms with Crippen molar-refractivity contribution in [2.24, 2.45) is 0 Å². The first-order valence-electron chi connectivity index (χ1n) is 4.62. The molecule has 0 N–H and O–H groups in total. The quantitative estimate of drug-likeness (QED) is 0.696. The number of anilines is 1. The van der Waals surface area contributed by atoms with Crippen molar-refractivity contribution < 1.29 is 4.39 Å². The highest BCUT2D eigenvalue weighted by molar-refractivity contribution is 9.10. The van der Waals surface area contributed by atoms with Crippen LogP contribution in [-0.2, 0) is 0 Å². The van der Waals surface area contributed by atoms with Crippen molar-refractivity contribution in [2.45, 2.75) is 6.42 Å². The Labute approximate surface area is 91.4 Å². The van der Waals surface area contributed by atoms with Gasteiger partial charge in [-0.05, 0) is 24.6 Å². The summed E-state index contributed by atoms with van der Waals surface area (Å²) in [6, 6.07) is 5.20. The predicted molar refractivity (Wildman–Crippen MR) is 60.1 cm³/mol. The maximum atomic E-state index is 13.5. The van der Waals surface area contributed by atoms with Crippen LogP contribution < -0.4 is 4.90 Å². The fourth-order valence-corrected chi connectivity index (χ4v) is 1.93. The summed E-state index contributed by atoms with van der Waals surface area (Å²) in [5.41, 5.74) is 0.692. The van der Waals surface area contributed by atoms with Gasteiger partial charge < -0.3 is 4.90 Å². The molecule has 2 rings (SSSR count). The van der Waals surface area contributed by atoms with Crippen LogP contribution in [0.2, 0.25) is 0 Å². The summed E-state index contributed by atoms with van der Waals surface area (Å²) in [5, 5.41) is 0. The maximum absolute atomic E-state index is 13.5. The number of hydrogen-bond donors (Lipinski definition) is 0. The molecule has 0 bridgehead atoms. The molecule has 0 fully saturated rings. The second-order valence-electron chi connectivity index (χ2n) is 3.30. The van der Waals surface area contributed by atoms with E-state index in [4.69, 9.17) is 0 Å². The average Bonchev–Trinajstić information content (AvgIpc) is 2.19. The van der Waals surface area contributed by atoms with Crippen LogP contribution in [0.25, 0.3) is 0 Å². The molecule has 0 atom stereocenters. The Kier molecular flexibility index (Phi) is 2.87. The third-order valence-electron chi connectivity index (χ3n) is 2.31. The summed E-state index contributed by atoms with van der Waals surface area (Å²) in [6.45, 7) is 1.70. The maximum Gasteiger partial charge on any atom is 0.147 e. The first-order valence-corrected chi connectivity index (χ1v) is 5.41. The molecule has 0 amide bonds. The third-order valence-corrected chi connectivity index (χ3v) is 2.80. The Morgan fingerprint density at radius 1 is 1.29 bits per heavy atom. The topological polar surface area (TPSA) is 3.24 Å². The molecule has 0 saturated heterocycles. The molecule has 0 radical (unpaired) electrons. The van der Waals surface area contributed by atoms with E-state index in [0.29, 0.717) is 5.69 Å². The van der Waals surface area contributed by atoms with Gasteiger partial charge in [0.1, 0.15) is 5.82 Å². The SMILES string of the molecule is Fc1cc(Br)ccc1N1CC=CCC1. The standard InChI is InChI=1S/C11H11BrFN/c12-9-4-5-11(10(13)8-9)14-6-2-1-3-7-14/h1-2,4-5,8H,3,6-7H2. The zero-order valence-electron chi connectivity index (χ0n) is 7.71. The second-order valence-corrected chi connectivity index (χ2v) is 4.22. The van der Waals surface area contributed by atoms with E-state index in [9.17, 15) is 4.39 Å². The first kappa shape index (κ1) is 9.71. The van der Waals surface area contributed by atoms with E-state index >= 15 is 0 Å². The molecular formula is C11H11BrFN. The van der Waals surface area contributed by atoms with Crippen LogP contribution in [0.15, 0.2) is 34.8 Å². The van der Waals surface area contributed by atoms with Gasteiger partial charge in [-0.15, -0.1) is 0 Å². The molecule has 14 heavy (non-hydrogen) atoms. The molecule has 1 aliphatic rings. The van der Waals surface area contributed by atoms with Crippen molar-refractivity contribution in [2.75, 3.05) is 18.0 Å². The fraction of sp³-hybridized carbons (Fsp3) is 0.273. The Morgan fingerprint density at radius 2 is 2.14 bits per heavy atom. The Balaban J connectivity index is 2.27. The van der Waals surface area contributed by atoms with Gasteiger partial charge in [0.15, 0.2) is 0 Å². The molecule has 0 saturated carbocycles. The molecule has 1 aliphatic heterocycles. The largest absolute Gasteiger partial charge is 0.365 e. The minimum Gasteiger partial charge on any atom is -0.365 e. The van der Waals surface area contributed by atoms with Gasteiger partial charge in [-0.1, -0.05) is 28.1 Å². The van der Waals surface area contributed by atoms with Gasteiger partial charge in [0.2, 0.25) is 0 Å². The molecule has 0 aliphatic carbocycles. The van der Waals surface area contributed by atoms with Crippen molar-refractivity contribution in [3.05, 3.63) is 40.6 Å². The Morgan fingerprint density at radius 3 is 2.79 bits per heavy atom. The molecule has 1 heterocycles. The molecule has 1 nitrogen and oxygen atoms in total. The first-order chi connectivity index (χ1) is 6.77.